The fraction of sp³-hybridized carbons (Fsp3) is 0.500. The Bertz CT molecular complexity index is 884. The van der Waals surface area contributed by atoms with Gasteiger partial charge < -0.3 is 15.0 Å². The number of cyclic esters (lactones) is 1. The minimum Gasteiger partial charge on any atom is -0.442 e. The smallest absolute Gasteiger partial charge is 0.414 e. The maximum atomic E-state index is 14.8. The Morgan fingerprint density at radius 2 is 2.17 bits per heavy atom. The Balaban J connectivity index is 1.39. The summed E-state index contributed by atoms with van der Waals surface area (Å²) in [6, 6.07) is 4.76. The lowest BCUT2D eigenvalue weighted by atomic mass is 9.96. The normalized spacial score (nSPS) is 20.1. The van der Waals surface area contributed by atoms with E-state index in [0.29, 0.717) is 24.5 Å². The van der Waals surface area contributed by atoms with E-state index < -0.39 is 12.2 Å². The summed E-state index contributed by atoms with van der Waals surface area (Å²) in [4.78, 5) is 26.5. The highest BCUT2D eigenvalue weighted by Gasteiger charge is 2.33. The topological polar surface area (TPSA) is 116 Å². The van der Waals surface area contributed by atoms with Crippen LogP contribution in [0, 0.1) is 5.82 Å². The number of nitrogens with one attached hydrogen (secondary N) is 2. The van der Waals surface area contributed by atoms with Crippen LogP contribution < -0.4 is 15.1 Å². The van der Waals surface area contributed by atoms with Gasteiger partial charge in [0.1, 0.15) is 11.9 Å². The lowest BCUT2D eigenvalue weighted by Gasteiger charge is -2.33. The van der Waals surface area contributed by atoms with Crippen LogP contribution in [-0.2, 0) is 9.53 Å². The summed E-state index contributed by atoms with van der Waals surface area (Å²) < 4.78 is 20.1. The standard InChI is InChI=1S/C18H22FN7O3/c1-11(27)20-9-14-10-26(18(28)29-14)13-2-3-16(15(19)8-13)25-6-4-12(5-7-25)17-21-23-24-22-17/h2-3,8,12,14H,4-7,9-10H2,1H3,(H,20,27)(H,21,22,23,24). The highest BCUT2D eigenvalue weighted by molar-refractivity contribution is 5.90. The van der Waals surface area contributed by atoms with E-state index in [1.54, 1.807) is 12.1 Å². The number of carbonyl (C=O) groups is 2. The number of rotatable bonds is 5. The van der Waals surface area contributed by atoms with E-state index in [1.165, 1.54) is 17.9 Å². The third-order valence-electron chi connectivity index (χ3n) is 5.28. The summed E-state index contributed by atoms with van der Waals surface area (Å²) >= 11 is 0. The Hall–Kier alpha value is -3.24. The molecular formula is C18H22FN7O3. The van der Waals surface area contributed by atoms with Crippen molar-refractivity contribution in [3.8, 4) is 0 Å². The molecule has 1 aromatic heterocycles. The lowest BCUT2D eigenvalue weighted by molar-refractivity contribution is -0.119. The molecule has 1 atom stereocenters. The average Bonchev–Trinajstić information content (AvgIpc) is 3.36. The van der Waals surface area contributed by atoms with Crippen LogP contribution in [0.4, 0.5) is 20.6 Å². The summed E-state index contributed by atoms with van der Waals surface area (Å²) in [6.07, 6.45) is 0.635. The number of tetrazole rings is 1. The third kappa shape index (κ3) is 4.13. The highest BCUT2D eigenvalue weighted by Crippen LogP contribution is 2.32. The monoisotopic (exact) mass is 403 g/mol. The number of hydrogen-bond donors (Lipinski definition) is 2. The molecule has 154 valence electrons. The number of H-pyrrole nitrogens is 1. The van der Waals surface area contributed by atoms with E-state index in [2.05, 4.69) is 25.9 Å². The van der Waals surface area contributed by atoms with Crippen molar-refractivity contribution < 1.29 is 18.7 Å². The van der Waals surface area contributed by atoms with Crippen LogP contribution in [0.2, 0.25) is 0 Å². The van der Waals surface area contributed by atoms with E-state index in [-0.39, 0.29) is 30.7 Å². The van der Waals surface area contributed by atoms with Crippen LogP contribution in [0.25, 0.3) is 0 Å². The first-order valence-corrected chi connectivity index (χ1v) is 9.52. The van der Waals surface area contributed by atoms with Gasteiger partial charge in [0, 0.05) is 25.9 Å². The van der Waals surface area contributed by atoms with Crippen LogP contribution in [0.1, 0.15) is 31.5 Å². The molecule has 4 rings (SSSR count). The molecule has 1 unspecified atom stereocenters. The molecule has 2 amide bonds. The zero-order valence-electron chi connectivity index (χ0n) is 16.0. The molecule has 1 aromatic carbocycles. The number of piperidine rings is 1. The van der Waals surface area contributed by atoms with Gasteiger partial charge in [-0.25, -0.2) is 14.3 Å². The van der Waals surface area contributed by atoms with Gasteiger partial charge >= 0.3 is 6.09 Å². The number of aromatic amines is 1. The zero-order chi connectivity index (χ0) is 20.4. The number of aromatic nitrogens is 4. The Labute approximate surface area is 166 Å². The van der Waals surface area contributed by atoms with Crippen molar-refractivity contribution in [2.45, 2.75) is 31.8 Å². The van der Waals surface area contributed by atoms with Crippen molar-refractivity contribution in [1.29, 1.82) is 0 Å². The minimum absolute atomic E-state index is 0.196. The van der Waals surface area contributed by atoms with Gasteiger partial charge in [0.2, 0.25) is 5.91 Å². The number of anilines is 2. The molecule has 3 heterocycles. The number of amides is 2. The van der Waals surface area contributed by atoms with Crippen LogP contribution in [0.5, 0.6) is 0 Å². The number of ether oxygens (including phenoxy) is 1. The second kappa shape index (κ2) is 8.02. The van der Waals surface area contributed by atoms with E-state index in [0.717, 1.165) is 18.7 Å². The van der Waals surface area contributed by atoms with Crippen LogP contribution >= 0.6 is 0 Å². The SMILES string of the molecule is CC(=O)NCC1CN(c2ccc(N3CCC(c4nnn[nH]4)CC3)c(F)c2)C(=O)O1. The Kier molecular flexibility index (Phi) is 5.28. The molecule has 2 fully saturated rings. The predicted molar refractivity (Wildman–Crippen MR) is 101 cm³/mol. The van der Waals surface area contributed by atoms with Gasteiger partial charge in [-0.3, -0.25) is 9.69 Å². The zero-order valence-corrected chi connectivity index (χ0v) is 16.0. The number of nitrogens with zero attached hydrogens (tertiary/aromatic N) is 5. The first-order chi connectivity index (χ1) is 14.0. The summed E-state index contributed by atoms with van der Waals surface area (Å²) in [7, 11) is 0. The number of benzene rings is 1. The van der Waals surface area contributed by atoms with E-state index in [4.69, 9.17) is 4.74 Å². The molecule has 0 bridgehead atoms. The third-order valence-corrected chi connectivity index (χ3v) is 5.28. The van der Waals surface area contributed by atoms with E-state index >= 15 is 0 Å². The fourth-order valence-electron chi connectivity index (χ4n) is 3.75. The number of hydrogen-bond acceptors (Lipinski definition) is 7. The van der Waals surface area contributed by atoms with Crippen molar-refractivity contribution in [3.05, 3.63) is 29.8 Å². The lowest BCUT2D eigenvalue weighted by Crippen LogP contribution is -2.34. The van der Waals surface area contributed by atoms with Gasteiger partial charge in [0.05, 0.1) is 24.5 Å². The van der Waals surface area contributed by atoms with Crippen molar-refractivity contribution >= 4 is 23.4 Å². The van der Waals surface area contributed by atoms with Crippen LogP contribution in [0.3, 0.4) is 0 Å². The molecule has 2 aliphatic heterocycles. The fourth-order valence-corrected chi connectivity index (χ4v) is 3.75. The number of carbonyl (C=O) groups excluding carboxylic acids is 2. The summed E-state index contributed by atoms with van der Waals surface area (Å²) in [5.41, 5.74) is 0.939. The number of halogens is 1. The quantitative estimate of drug-likeness (QED) is 0.770. The minimum atomic E-state index is -0.547. The van der Waals surface area contributed by atoms with Gasteiger partial charge in [-0.15, -0.1) is 5.10 Å². The van der Waals surface area contributed by atoms with Gasteiger partial charge in [-0.2, -0.15) is 0 Å². The second-order valence-electron chi connectivity index (χ2n) is 7.24. The first kappa shape index (κ1) is 19.1. The molecule has 0 spiro atoms. The van der Waals surface area contributed by atoms with E-state index in [9.17, 15) is 14.0 Å². The van der Waals surface area contributed by atoms with Gasteiger partial charge in [-0.1, -0.05) is 0 Å². The predicted octanol–water partition coefficient (Wildman–Crippen LogP) is 1.18. The van der Waals surface area contributed by atoms with E-state index in [1.807, 2.05) is 4.90 Å². The molecule has 2 aromatic rings. The van der Waals surface area contributed by atoms with Gasteiger partial charge in [-0.05, 0) is 41.5 Å². The van der Waals surface area contributed by atoms with Gasteiger partial charge in [0.15, 0.2) is 5.82 Å². The van der Waals surface area contributed by atoms with Crippen molar-refractivity contribution in [2.24, 2.45) is 0 Å². The summed E-state index contributed by atoms with van der Waals surface area (Å²) in [5.74, 6) is 0.420. The molecule has 0 saturated carbocycles. The molecule has 29 heavy (non-hydrogen) atoms. The van der Waals surface area contributed by atoms with Crippen LogP contribution in [-0.4, -0.2) is 64.9 Å². The van der Waals surface area contributed by atoms with Crippen molar-refractivity contribution in [1.82, 2.24) is 25.9 Å². The molecule has 0 radical (unpaired) electrons. The second-order valence-corrected chi connectivity index (χ2v) is 7.24. The first-order valence-electron chi connectivity index (χ1n) is 9.52. The Morgan fingerprint density at radius 3 is 2.83 bits per heavy atom. The molecule has 2 saturated heterocycles. The Morgan fingerprint density at radius 1 is 1.38 bits per heavy atom. The molecule has 0 aliphatic carbocycles. The average molecular weight is 403 g/mol. The molecule has 2 N–H and O–H groups in total. The highest BCUT2D eigenvalue weighted by atomic mass is 19.1. The molecule has 2 aliphatic rings. The maximum absolute atomic E-state index is 14.8. The summed E-state index contributed by atoms with van der Waals surface area (Å²) in [6.45, 7) is 3.26. The molecular weight excluding hydrogens is 381 g/mol. The van der Waals surface area contributed by atoms with Crippen molar-refractivity contribution in [2.75, 3.05) is 36.0 Å². The maximum Gasteiger partial charge on any atom is 0.414 e. The van der Waals surface area contributed by atoms with Crippen molar-refractivity contribution in [3.63, 3.8) is 0 Å². The molecule has 11 heteroatoms. The summed E-state index contributed by atoms with van der Waals surface area (Å²) in [5, 5.41) is 16.6. The van der Waals surface area contributed by atoms with Crippen LogP contribution in [0.15, 0.2) is 18.2 Å². The molecule has 10 nitrogen and oxygen atoms in total. The largest absolute Gasteiger partial charge is 0.442 e. The van der Waals surface area contributed by atoms with Gasteiger partial charge in [0.25, 0.3) is 0 Å².